The van der Waals surface area contributed by atoms with Crippen LogP contribution in [-0.2, 0) is 4.79 Å². The van der Waals surface area contributed by atoms with Crippen LogP contribution in [0.5, 0.6) is 17.2 Å². The predicted octanol–water partition coefficient (Wildman–Crippen LogP) is 2.79. The van der Waals surface area contributed by atoms with E-state index in [0.29, 0.717) is 28.8 Å². The van der Waals surface area contributed by atoms with Crippen molar-refractivity contribution < 1.29 is 19.0 Å². The Morgan fingerprint density at radius 1 is 1.03 bits per heavy atom. The zero-order chi connectivity index (χ0) is 24.6. The van der Waals surface area contributed by atoms with Gasteiger partial charge in [0.25, 0.3) is 5.56 Å². The number of hydrogen-bond acceptors (Lipinski definition) is 8. The summed E-state index contributed by atoms with van der Waals surface area (Å²) in [5.41, 5.74) is 0.257. The van der Waals surface area contributed by atoms with Gasteiger partial charge in [-0.05, 0) is 39.2 Å². The van der Waals surface area contributed by atoms with Crippen LogP contribution in [0.1, 0.15) is 50.2 Å². The monoisotopic (exact) mass is 467 g/mol. The van der Waals surface area contributed by atoms with Gasteiger partial charge in [-0.15, -0.1) is 0 Å². The minimum Gasteiger partial charge on any atom is -0.496 e. The number of amides is 1. The van der Waals surface area contributed by atoms with Crippen molar-refractivity contribution in [3.05, 3.63) is 33.6 Å². The summed E-state index contributed by atoms with van der Waals surface area (Å²) in [6, 6.07) is 5.68. The van der Waals surface area contributed by atoms with Gasteiger partial charge in [0, 0.05) is 29.6 Å². The van der Waals surface area contributed by atoms with Crippen molar-refractivity contribution in [2.45, 2.75) is 51.1 Å². The minimum absolute atomic E-state index is 0.155. The molecule has 1 aromatic heterocycles. The number of H-pyrrole nitrogens is 1. The summed E-state index contributed by atoms with van der Waals surface area (Å²) >= 11 is 0. The van der Waals surface area contributed by atoms with Crippen LogP contribution in [0.15, 0.2) is 16.9 Å². The van der Waals surface area contributed by atoms with Gasteiger partial charge in [0.2, 0.25) is 11.9 Å². The molecule has 1 aromatic carbocycles. The molecule has 2 aliphatic rings. The first-order valence-corrected chi connectivity index (χ1v) is 11.3. The molecule has 2 N–H and O–H groups in total. The lowest BCUT2D eigenvalue weighted by Crippen LogP contribution is -2.46. The number of nitriles is 1. The van der Waals surface area contributed by atoms with Gasteiger partial charge in [-0.1, -0.05) is 0 Å². The standard InChI is InChI=1S/C24H29N5O5/c1-12-7-6-8-13(2)29(12)24-27-21-20(23(31)28-24)19(15(11-25)22(30)26-21)14-9-17(33-4)18(34-5)10-16(14)32-3/h9-10,12-13,15,19H,6-8H2,1-5H3,(H2,26,27,28,30,31). The van der Waals surface area contributed by atoms with Gasteiger partial charge in [-0.3, -0.25) is 14.6 Å². The van der Waals surface area contributed by atoms with Crippen molar-refractivity contribution in [3.63, 3.8) is 0 Å². The quantitative estimate of drug-likeness (QED) is 0.687. The van der Waals surface area contributed by atoms with Crippen molar-refractivity contribution in [3.8, 4) is 23.3 Å². The number of aromatic nitrogens is 2. The van der Waals surface area contributed by atoms with Crippen molar-refractivity contribution >= 4 is 17.7 Å². The highest BCUT2D eigenvalue weighted by molar-refractivity contribution is 5.98. The molecule has 0 spiro atoms. The summed E-state index contributed by atoms with van der Waals surface area (Å²) in [5, 5.41) is 12.6. The lowest BCUT2D eigenvalue weighted by atomic mass is 9.78. The number of hydrogen-bond donors (Lipinski definition) is 2. The van der Waals surface area contributed by atoms with Crippen LogP contribution in [0.2, 0.25) is 0 Å². The number of piperidine rings is 1. The zero-order valence-electron chi connectivity index (χ0n) is 20.0. The van der Waals surface area contributed by atoms with Crippen LogP contribution in [0.3, 0.4) is 0 Å². The molecule has 1 fully saturated rings. The minimum atomic E-state index is -1.17. The Hall–Kier alpha value is -3.74. The molecular formula is C24H29N5O5. The number of aromatic amines is 1. The second-order valence-corrected chi connectivity index (χ2v) is 8.71. The molecule has 10 nitrogen and oxygen atoms in total. The molecule has 4 atom stereocenters. The molecule has 2 aromatic rings. The smallest absolute Gasteiger partial charge is 0.258 e. The van der Waals surface area contributed by atoms with E-state index in [9.17, 15) is 14.9 Å². The van der Waals surface area contributed by atoms with Gasteiger partial charge in [-0.25, -0.2) is 0 Å². The third-order valence-corrected chi connectivity index (χ3v) is 6.76. The summed E-state index contributed by atoms with van der Waals surface area (Å²) in [5.74, 6) is -0.858. The molecule has 4 rings (SSSR count). The van der Waals surface area contributed by atoms with Crippen LogP contribution in [-0.4, -0.2) is 49.3 Å². The van der Waals surface area contributed by atoms with Gasteiger partial charge < -0.3 is 24.4 Å². The number of nitrogens with zero attached hydrogens (tertiary/aromatic N) is 3. The SMILES string of the molecule is COc1cc(OC)c(C2c3c(nc(N4C(C)CCCC4C)[nH]c3=O)NC(=O)C2C#N)cc1OC. The fourth-order valence-corrected chi connectivity index (χ4v) is 5.09. The van der Waals surface area contributed by atoms with Crippen LogP contribution >= 0.6 is 0 Å². The number of nitrogens with one attached hydrogen (secondary N) is 2. The first-order chi connectivity index (χ1) is 16.3. The number of methoxy groups -OCH3 is 3. The van der Waals surface area contributed by atoms with Crippen LogP contribution < -0.4 is 30.0 Å². The Bertz CT molecular complexity index is 1190. The average molecular weight is 468 g/mol. The third kappa shape index (κ3) is 3.81. The largest absolute Gasteiger partial charge is 0.496 e. The Morgan fingerprint density at radius 3 is 2.24 bits per heavy atom. The molecule has 0 bridgehead atoms. The normalized spacial score (nSPS) is 24.0. The summed E-state index contributed by atoms with van der Waals surface area (Å²) in [7, 11) is 4.46. The van der Waals surface area contributed by atoms with E-state index in [1.54, 1.807) is 12.1 Å². The van der Waals surface area contributed by atoms with Crippen molar-refractivity contribution in [2.24, 2.45) is 5.92 Å². The maximum atomic E-state index is 13.5. The zero-order valence-corrected chi connectivity index (χ0v) is 20.0. The van der Waals surface area contributed by atoms with E-state index in [2.05, 4.69) is 34.0 Å². The Kier molecular flexibility index (Phi) is 6.37. The number of ether oxygens (including phenoxy) is 3. The van der Waals surface area contributed by atoms with Crippen molar-refractivity contribution in [1.29, 1.82) is 5.26 Å². The van der Waals surface area contributed by atoms with Crippen LogP contribution in [0.4, 0.5) is 11.8 Å². The molecule has 1 amide bonds. The molecule has 180 valence electrons. The Balaban J connectivity index is 1.92. The van der Waals surface area contributed by atoms with E-state index in [-0.39, 0.29) is 23.5 Å². The summed E-state index contributed by atoms with van der Waals surface area (Å²) in [6.45, 7) is 4.19. The number of rotatable bonds is 5. The van der Waals surface area contributed by atoms with Gasteiger partial charge in [0.1, 0.15) is 17.5 Å². The topological polar surface area (TPSA) is 130 Å². The fraction of sp³-hybridized carbons (Fsp3) is 0.500. The molecule has 0 radical (unpaired) electrons. The summed E-state index contributed by atoms with van der Waals surface area (Å²) < 4.78 is 16.3. The van der Waals surface area contributed by atoms with E-state index in [1.807, 2.05) is 6.07 Å². The first kappa shape index (κ1) is 23.4. The van der Waals surface area contributed by atoms with Gasteiger partial charge in [0.15, 0.2) is 11.5 Å². The average Bonchev–Trinajstić information content (AvgIpc) is 2.82. The lowest BCUT2D eigenvalue weighted by Gasteiger charge is -2.40. The third-order valence-electron chi connectivity index (χ3n) is 6.76. The molecular weight excluding hydrogens is 438 g/mol. The summed E-state index contributed by atoms with van der Waals surface area (Å²) in [4.78, 5) is 36.1. The molecule has 1 saturated heterocycles. The predicted molar refractivity (Wildman–Crippen MR) is 126 cm³/mol. The molecule has 3 heterocycles. The number of carbonyl (C=O) groups excluding carboxylic acids is 1. The number of anilines is 2. The molecule has 34 heavy (non-hydrogen) atoms. The van der Waals surface area contributed by atoms with E-state index in [0.717, 1.165) is 19.3 Å². The van der Waals surface area contributed by atoms with Crippen molar-refractivity contribution in [2.75, 3.05) is 31.5 Å². The highest BCUT2D eigenvalue weighted by Gasteiger charge is 2.42. The Morgan fingerprint density at radius 2 is 1.65 bits per heavy atom. The fourth-order valence-electron chi connectivity index (χ4n) is 5.09. The van der Waals surface area contributed by atoms with E-state index in [1.165, 1.54) is 21.3 Å². The first-order valence-electron chi connectivity index (χ1n) is 11.3. The van der Waals surface area contributed by atoms with Crippen molar-refractivity contribution in [1.82, 2.24) is 9.97 Å². The van der Waals surface area contributed by atoms with Crippen LogP contribution in [0, 0.1) is 17.2 Å². The maximum Gasteiger partial charge on any atom is 0.258 e. The second kappa shape index (κ2) is 9.25. The molecule has 0 saturated carbocycles. The van der Waals surface area contributed by atoms with E-state index < -0.39 is 23.3 Å². The van der Waals surface area contributed by atoms with Crippen LogP contribution in [0.25, 0.3) is 0 Å². The lowest BCUT2D eigenvalue weighted by molar-refractivity contribution is -0.119. The van der Waals surface area contributed by atoms with Gasteiger partial charge >= 0.3 is 0 Å². The number of benzene rings is 1. The molecule has 2 aliphatic heterocycles. The van der Waals surface area contributed by atoms with Gasteiger partial charge in [-0.2, -0.15) is 10.2 Å². The highest BCUT2D eigenvalue weighted by Crippen LogP contribution is 2.45. The summed E-state index contributed by atoms with van der Waals surface area (Å²) in [6.07, 6.45) is 3.08. The van der Waals surface area contributed by atoms with E-state index in [4.69, 9.17) is 14.2 Å². The Labute approximate surface area is 197 Å². The molecule has 10 heteroatoms. The second-order valence-electron chi connectivity index (χ2n) is 8.71. The number of fused-ring (bicyclic) bond motifs is 1. The van der Waals surface area contributed by atoms with E-state index >= 15 is 0 Å². The molecule has 0 aliphatic carbocycles. The highest BCUT2D eigenvalue weighted by atomic mass is 16.5. The number of carbonyl (C=O) groups is 1. The van der Waals surface area contributed by atoms with Gasteiger partial charge in [0.05, 0.1) is 33.0 Å². The molecule has 4 unspecified atom stereocenters. The maximum absolute atomic E-state index is 13.5.